The number of hydrogen-bond acceptors (Lipinski definition) is 2. The van der Waals surface area contributed by atoms with E-state index in [9.17, 15) is 4.79 Å². The van der Waals surface area contributed by atoms with Gasteiger partial charge in [0.15, 0.2) is 0 Å². The number of carbonyl (C=O) groups is 1. The highest BCUT2D eigenvalue weighted by Crippen LogP contribution is 2.27. The van der Waals surface area contributed by atoms with Crippen molar-refractivity contribution in [3.05, 3.63) is 58.2 Å². The molecule has 22 heavy (non-hydrogen) atoms. The van der Waals surface area contributed by atoms with E-state index in [4.69, 9.17) is 27.9 Å². The van der Waals surface area contributed by atoms with Crippen molar-refractivity contribution in [3.8, 4) is 5.75 Å². The minimum atomic E-state index is -0.256. The Morgan fingerprint density at radius 2 is 1.95 bits per heavy atom. The number of halogens is 2. The van der Waals surface area contributed by atoms with E-state index in [1.165, 1.54) is 7.11 Å². The fourth-order valence-corrected chi connectivity index (χ4v) is 2.59. The summed E-state index contributed by atoms with van der Waals surface area (Å²) < 4.78 is 5.08. The Morgan fingerprint density at radius 3 is 2.68 bits per heavy atom. The third-order valence-electron chi connectivity index (χ3n) is 3.24. The van der Waals surface area contributed by atoms with Crippen molar-refractivity contribution >= 4 is 45.7 Å². The number of hydrogen-bond donors (Lipinski definition) is 2. The fraction of sp³-hybridized carbons (Fsp3) is 0.0625. The number of rotatable bonds is 3. The van der Waals surface area contributed by atoms with Crippen LogP contribution in [0.15, 0.2) is 42.5 Å². The predicted molar refractivity (Wildman–Crippen MR) is 89.3 cm³/mol. The second kappa shape index (κ2) is 5.91. The molecule has 0 spiro atoms. The number of nitrogens with one attached hydrogen (secondary N) is 2. The number of benzene rings is 2. The van der Waals surface area contributed by atoms with Gasteiger partial charge in [0.25, 0.3) is 5.91 Å². The lowest BCUT2D eigenvalue weighted by molar-refractivity contribution is 0.102. The van der Waals surface area contributed by atoms with E-state index in [1.807, 2.05) is 6.07 Å². The lowest BCUT2D eigenvalue weighted by Gasteiger charge is -2.07. The highest BCUT2D eigenvalue weighted by atomic mass is 35.5. The Kier molecular flexibility index (Phi) is 3.96. The van der Waals surface area contributed by atoms with Crippen molar-refractivity contribution in [2.75, 3.05) is 12.4 Å². The molecule has 6 heteroatoms. The molecule has 0 atom stereocenters. The molecule has 1 amide bonds. The van der Waals surface area contributed by atoms with E-state index >= 15 is 0 Å². The lowest BCUT2D eigenvalue weighted by atomic mass is 10.2. The first kappa shape index (κ1) is 14.8. The summed E-state index contributed by atoms with van der Waals surface area (Å²) in [6, 6.07) is 12.2. The van der Waals surface area contributed by atoms with Crippen molar-refractivity contribution in [3.63, 3.8) is 0 Å². The van der Waals surface area contributed by atoms with Gasteiger partial charge in [-0.15, -0.1) is 0 Å². The monoisotopic (exact) mass is 334 g/mol. The van der Waals surface area contributed by atoms with Gasteiger partial charge in [0.2, 0.25) is 0 Å². The normalized spacial score (nSPS) is 10.7. The zero-order valence-electron chi connectivity index (χ0n) is 11.6. The maximum absolute atomic E-state index is 12.3. The molecule has 2 aromatic carbocycles. The molecule has 0 saturated carbocycles. The van der Waals surface area contributed by atoms with Crippen LogP contribution in [0.5, 0.6) is 5.75 Å². The minimum Gasteiger partial charge on any atom is -0.495 e. The second-order valence-electron chi connectivity index (χ2n) is 4.72. The fourth-order valence-electron chi connectivity index (χ4n) is 2.16. The highest BCUT2D eigenvalue weighted by molar-refractivity contribution is 6.32. The first-order chi connectivity index (χ1) is 10.6. The summed E-state index contributed by atoms with van der Waals surface area (Å²) in [5.41, 5.74) is 1.85. The Balaban J connectivity index is 1.85. The molecule has 0 bridgehead atoms. The number of H-pyrrole nitrogens is 1. The van der Waals surface area contributed by atoms with Crippen molar-refractivity contribution in [1.82, 2.24) is 4.98 Å². The number of anilines is 1. The Hall–Kier alpha value is -2.17. The summed E-state index contributed by atoms with van der Waals surface area (Å²) in [5, 5.41) is 4.75. The smallest absolute Gasteiger partial charge is 0.272 e. The van der Waals surface area contributed by atoms with Crippen molar-refractivity contribution in [1.29, 1.82) is 0 Å². The summed E-state index contributed by atoms with van der Waals surface area (Å²) in [4.78, 5) is 15.3. The standard InChI is InChI=1S/C16H12Cl2N2O2/c1-22-15-5-4-11(8-12(15)18)19-16(21)14-6-9-2-3-10(17)7-13(9)20-14/h2-8,20H,1H3,(H,19,21). The molecule has 0 radical (unpaired) electrons. The first-order valence-corrected chi connectivity index (χ1v) is 7.25. The van der Waals surface area contributed by atoms with Gasteiger partial charge >= 0.3 is 0 Å². The van der Waals surface area contributed by atoms with Gasteiger partial charge in [-0.3, -0.25) is 4.79 Å². The molecule has 0 aliphatic carbocycles. The number of carbonyl (C=O) groups excluding carboxylic acids is 1. The molecular weight excluding hydrogens is 323 g/mol. The molecule has 3 rings (SSSR count). The predicted octanol–water partition coefficient (Wildman–Crippen LogP) is 4.74. The molecule has 2 N–H and O–H groups in total. The Bertz CT molecular complexity index is 858. The third kappa shape index (κ3) is 2.89. The van der Waals surface area contributed by atoms with E-state index in [-0.39, 0.29) is 5.91 Å². The van der Waals surface area contributed by atoms with Crippen LogP contribution in [0, 0.1) is 0 Å². The second-order valence-corrected chi connectivity index (χ2v) is 5.56. The van der Waals surface area contributed by atoms with E-state index in [0.29, 0.717) is 27.2 Å². The number of ether oxygens (including phenoxy) is 1. The van der Waals surface area contributed by atoms with Crippen molar-refractivity contribution < 1.29 is 9.53 Å². The van der Waals surface area contributed by atoms with Crippen LogP contribution in [-0.4, -0.2) is 18.0 Å². The van der Waals surface area contributed by atoms with Crippen LogP contribution in [-0.2, 0) is 0 Å². The topological polar surface area (TPSA) is 54.1 Å². The van der Waals surface area contributed by atoms with Crippen molar-refractivity contribution in [2.45, 2.75) is 0 Å². The first-order valence-electron chi connectivity index (χ1n) is 6.50. The molecule has 0 aliphatic rings. The van der Waals surface area contributed by atoms with Crippen LogP contribution >= 0.6 is 23.2 Å². The van der Waals surface area contributed by atoms with E-state index < -0.39 is 0 Å². The van der Waals surface area contributed by atoms with E-state index in [0.717, 1.165) is 10.9 Å². The van der Waals surface area contributed by atoms with Crippen molar-refractivity contribution in [2.24, 2.45) is 0 Å². The molecule has 112 valence electrons. The van der Waals surface area contributed by atoms with E-state index in [1.54, 1.807) is 36.4 Å². The number of amides is 1. The molecule has 1 heterocycles. The Morgan fingerprint density at radius 1 is 1.14 bits per heavy atom. The number of methoxy groups -OCH3 is 1. The largest absolute Gasteiger partial charge is 0.495 e. The summed E-state index contributed by atoms with van der Waals surface area (Å²) in [6.07, 6.45) is 0. The number of aromatic nitrogens is 1. The molecule has 3 aromatic rings. The van der Waals surface area contributed by atoms with Crippen LogP contribution < -0.4 is 10.1 Å². The maximum Gasteiger partial charge on any atom is 0.272 e. The average Bonchev–Trinajstić information content (AvgIpc) is 2.90. The van der Waals surface area contributed by atoms with Crippen LogP contribution in [0.3, 0.4) is 0 Å². The van der Waals surface area contributed by atoms with Crippen LogP contribution in [0.1, 0.15) is 10.5 Å². The molecule has 0 unspecified atom stereocenters. The van der Waals surface area contributed by atoms with Gasteiger partial charge in [-0.25, -0.2) is 0 Å². The van der Waals surface area contributed by atoms with Gasteiger partial charge in [0.1, 0.15) is 11.4 Å². The highest BCUT2D eigenvalue weighted by Gasteiger charge is 2.11. The van der Waals surface area contributed by atoms with Crippen LogP contribution in [0.25, 0.3) is 10.9 Å². The molecule has 1 aromatic heterocycles. The third-order valence-corrected chi connectivity index (χ3v) is 3.77. The summed E-state index contributed by atoms with van der Waals surface area (Å²) in [7, 11) is 1.54. The zero-order valence-corrected chi connectivity index (χ0v) is 13.1. The lowest BCUT2D eigenvalue weighted by Crippen LogP contribution is -2.12. The van der Waals surface area contributed by atoms with Gasteiger partial charge in [0, 0.05) is 21.6 Å². The van der Waals surface area contributed by atoms with Gasteiger partial charge in [-0.1, -0.05) is 29.3 Å². The number of aromatic amines is 1. The summed E-state index contributed by atoms with van der Waals surface area (Å²) >= 11 is 12.0. The molecule has 0 fully saturated rings. The molecule has 0 saturated heterocycles. The quantitative estimate of drug-likeness (QED) is 0.727. The average molecular weight is 335 g/mol. The van der Waals surface area contributed by atoms with Crippen LogP contribution in [0.4, 0.5) is 5.69 Å². The van der Waals surface area contributed by atoms with Gasteiger partial charge in [-0.2, -0.15) is 0 Å². The van der Waals surface area contributed by atoms with Crippen LogP contribution in [0.2, 0.25) is 10.0 Å². The Labute approximate surface area is 137 Å². The molecule has 4 nitrogen and oxygen atoms in total. The van der Waals surface area contributed by atoms with E-state index in [2.05, 4.69) is 10.3 Å². The van der Waals surface area contributed by atoms with Gasteiger partial charge in [0.05, 0.1) is 12.1 Å². The minimum absolute atomic E-state index is 0.256. The van der Waals surface area contributed by atoms with Gasteiger partial charge < -0.3 is 15.0 Å². The summed E-state index contributed by atoms with van der Waals surface area (Å²) in [6.45, 7) is 0. The molecule has 0 aliphatic heterocycles. The molecular formula is C16H12Cl2N2O2. The number of fused-ring (bicyclic) bond motifs is 1. The maximum atomic E-state index is 12.3. The summed E-state index contributed by atoms with van der Waals surface area (Å²) in [5.74, 6) is 0.300. The van der Waals surface area contributed by atoms with Gasteiger partial charge in [-0.05, 0) is 36.4 Å². The zero-order chi connectivity index (χ0) is 15.7. The SMILES string of the molecule is COc1ccc(NC(=O)c2cc3ccc(Cl)cc3[nH]2)cc1Cl.